The number of benzene rings is 1. The molecule has 0 aliphatic rings. The summed E-state index contributed by atoms with van der Waals surface area (Å²) in [6, 6.07) is 10.7. The molecule has 0 radical (unpaired) electrons. The standard InChI is InChI=1S/C15H21NO/c1-3-5-9-12-16-15(13-17-4-2)14-10-7-6-8-11-14/h6-8,10-11,15-16H,4,9,12-13H2,1-2H3/t15-/m1/s1. The van der Waals surface area contributed by atoms with Gasteiger partial charge in [-0.05, 0) is 19.4 Å². The molecule has 0 amide bonds. The molecule has 1 aromatic carbocycles. The topological polar surface area (TPSA) is 21.3 Å². The van der Waals surface area contributed by atoms with Gasteiger partial charge in [0.15, 0.2) is 0 Å². The highest BCUT2D eigenvalue weighted by molar-refractivity contribution is 5.19. The van der Waals surface area contributed by atoms with Crippen LogP contribution >= 0.6 is 0 Å². The minimum atomic E-state index is 0.259. The van der Waals surface area contributed by atoms with Gasteiger partial charge in [0.25, 0.3) is 0 Å². The van der Waals surface area contributed by atoms with Crippen LogP contribution in [-0.4, -0.2) is 19.8 Å². The average molecular weight is 231 g/mol. The van der Waals surface area contributed by atoms with E-state index in [2.05, 4.69) is 41.4 Å². The number of nitrogens with one attached hydrogen (secondary N) is 1. The predicted molar refractivity (Wildman–Crippen MR) is 71.7 cm³/mol. The summed E-state index contributed by atoms with van der Waals surface area (Å²) in [5.74, 6) is 5.96. The second kappa shape index (κ2) is 8.81. The van der Waals surface area contributed by atoms with Gasteiger partial charge in [-0.15, -0.1) is 11.8 Å². The first kappa shape index (κ1) is 13.8. The van der Waals surface area contributed by atoms with Gasteiger partial charge < -0.3 is 10.1 Å². The van der Waals surface area contributed by atoms with E-state index in [-0.39, 0.29) is 6.04 Å². The molecule has 0 fully saturated rings. The van der Waals surface area contributed by atoms with Crippen LogP contribution in [0, 0.1) is 11.8 Å². The van der Waals surface area contributed by atoms with Gasteiger partial charge in [-0.3, -0.25) is 0 Å². The molecule has 17 heavy (non-hydrogen) atoms. The van der Waals surface area contributed by atoms with Gasteiger partial charge in [-0.1, -0.05) is 30.3 Å². The SMILES string of the molecule is CC#CCCN[C@H](COCC)c1ccccc1. The van der Waals surface area contributed by atoms with Gasteiger partial charge in [0.05, 0.1) is 12.6 Å². The molecular weight excluding hydrogens is 210 g/mol. The average Bonchev–Trinajstić information content (AvgIpc) is 2.39. The lowest BCUT2D eigenvalue weighted by Gasteiger charge is -2.18. The Kier molecular flexibility index (Phi) is 7.13. The number of rotatable bonds is 7. The molecule has 1 aromatic rings. The van der Waals surface area contributed by atoms with Crippen molar-refractivity contribution in [3.05, 3.63) is 35.9 Å². The van der Waals surface area contributed by atoms with Crippen LogP contribution in [0.3, 0.4) is 0 Å². The Hall–Kier alpha value is -1.30. The molecule has 2 nitrogen and oxygen atoms in total. The maximum atomic E-state index is 5.51. The first-order chi connectivity index (χ1) is 8.38. The van der Waals surface area contributed by atoms with Crippen LogP contribution in [0.5, 0.6) is 0 Å². The van der Waals surface area contributed by atoms with Crippen molar-refractivity contribution < 1.29 is 4.74 Å². The highest BCUT2D eigenvalue weighted by Crippen LogP contribution is 2.12. The van der Waals surface area contributed by atoms with Crippen LogP contribution in [0.15, 0.2) is 30.3 Å². The lowest BCUT2D eigenvalue weighted by molar-refractivity contribution is 0.123. The van der Waals surface area contributed by atoms with Gasteiger partial charge in [0, 0.05) is 19.6 Å². The number of hydrogen-bond donors (Lipinski definition) is 1. The van der Waals surface area contributed by atoms with Gasteiger partial charge >= 0.3 is 0 Å². The summed E-state index contributed by atoms with van der Waals surface area (Å²) in [6.07, 6.45) is 0.881. The third-order valence-electron chi connectivity index (χ3n) is 2.51. The van der Waals surface area contributed by atoms with Crippen molar-refractivity contribution in [3.8, 4) is 11.8 Å². The largest absolute Gasteiger partial charge is 0.380 e. The highest BCUT2D eigenvalue weighted by atomic mass is 16.5. The number of ether oxygens (including phenoxy) is 1. The minimum Gasteiger partial charge on any atom is -0.380 e. The van der Waals surface area contributed by atoms with E-state index in [1.165, 1.54) is 5.56 Å². The molecule has 0 saturated carbocycles. The van der Waals surface area contributed by atoms with Gasteiger partial charge in [0.1, 0.15) is 0 Å². The normalized spacial score (nSPS) is 11.6. The van der Waals surface area contributed by atoms with E-state index in [4.69, 9.17) is 4.74 Å². The molecule has 0 saturated heterocycles. The molecule has 0 unspecified atom stereocenters. The fourth-order valence-electron chi connectivity index (χ4n) is 1.63. The van der Waals surface area contributed by atoms with Crippen LogP contribution in [0.2, 0.25) is 0 Å². The Morgan fingerprint density at radius 3 is 2.71 bits per heavy atom. The first-order valence-electron chi connectivity index (χ1n) is 6.14. The minimum absolute atomic E-state index is 0.259. The Labute approximate surface area is 104 Å². The second-order valence-corrected chi connectivity index (χ2v) is 3.75. The van der Waals surface area contributed by atoms with Crippen LogP contribution in [-0.2, 0) is 4.74 Å². The van der Waals surface area contributed by atoms with Crippen LogP contribution in [0.4, 0.5) is 0 Å². The van der Waals surface area contributed by atoms with E-state index in [9.17, 15) is 0 Å². The second-order valence-electron chi connectivity index (χ2n) is 3.75. The zero-order chi connectivity index (χ0) is 12.3. The van der Waals surface area contributed by atoms with Crippen LogP contribution < -0.4 is 5.32 Å². The Morgan fingerprint density at radius 1 is 1.29 bits per heavy atom. The third-order valence-corrected chi connectivity index (χ3v) is 2.51. The van der Waals surface area contributed by atoms with Crippen molar-refractivity contribution in [2.24, 2.45) is 0 Å². The maximum absolute atomic E-state index is 5.51. The summed E-state index contributed by atoms with van der Waals surface area (Å²) < 4.78 is 5.51. The van der Waals surface area contributed by atoms with Crippen molar-refractivity contribution in [3.63, 3.8) is 0 Å². The molecule has 0 aromatic heterocycles. The van der Waals surface area contributed by atoms with Crippen molar-refractivity contribution in [2.45, 2.75) is 26.3 Å². The molecule has 1 rings (SSSR count). The zero-order valence-corrected chi connectivity index (χ0v) is 10.7. The molecule has 0 heterocycles. The van der Waals surface area contributed by atoms with Crippen molar-refractivity contribution in [2.75, 3.05) is 19.8 Å². The Bertz CT molecular complexity index is 350. The van der Waals surface area contributed by atoms with Gasteiger partial charge in [0.2, 0.25) is 0 Å². The first-order valence-corrected chi connectivity index (χ1v) is 6.14. The quantitative estimate of drug-likeness (QED) is 0.575. The summed E-state index contributed by atoms with van der Waals surface area (Å²) in [5.41, 5.74) is 1.27. The van der Waals surface area contributed by atoms with Crippen molar-refractivity contribution in [1.82, 2.24) is 5.32 Å². The van der Waals surface area contributed by atoms with Gasteiger partial charge in [-0.2, -0.15) is 0 Å². The summed E-state index contributed by atoms with van der Waals surface area (Å²) in [4.78, 5) is 0. The fourth-order valence-corrected chi connectivity index (χ4v) is 1.63. The maximum Gasteiger partial charge on any atom is 0.0661 e. The van der Waals surface area contributed by atoms with E-state index >= 15 is 0 Å². The third kappa shape index (κ3) is 5.53. The van der Waals surface area contributed by atoms with Crippen molar-refractivity contribution >= 4 is 0 Å². The summed E-state index contributed by atoms with van der Waals surface area (Å²) in [6.45, 7) is 6.24. The Balaban J connectivity index is 2.50. The number of hydrogen-bond acceptors (Lipinski definition) is 2. The Morgan fingerprint density at radius 2 is 2.06 bits per heavy atom. The summed E-state index contributed by atoms with van der Waals surface area (Å²) in [5, 5.41) is 3.48. The van der Waals surface area contributed by atoms with Crippen LogP contribution in [0.25, 0.3) is 0 Å². The molecule has 1 atom stereocenters. The monoisotopic (exact) mass is 231 g/mol. The van der Waals surface area contributed by atoms with E-state index in [1.54, 1.807) is 0 Å². The molecule has 2 heteroatoms. The highest BCUT2D eigenvalue weighted by Gasteiger charge is 2.09. The molecular formula is C15H21NO. The van der Waals surface area contributed by atoms with Gasteiger partial charge in [-0.25, -0.2) is 0 Å². The zero-order valence-electron chi connectivity index (χ0n) is 10.7. The smallest absolute Gasteiger partial charge is 0.0661 e. The predicted octanol–water partition coefficient (Wildman–Crippen LogP) is 2.77. The van der Waals surface area contributed by atoms with Crippen molar-refractivity contribution in [1.29, 1.82) is 0 Å². The van der Waals surface area contributed by atoms with E-state index in [1.807, 2.05) is 19.9 Å². The van der Waals surface area contributed by atoms with E-state index in [0.29, 0.717) is 6.61 Å². The molecule has 0 aliphatic heterocycles. The molecule has 0 bridgehead atoms. The molecule has 1 N–H and O–H groups in total. The van der Waals surface area contributed by atoms with E-state index < -0.39 is 0 Å². The lowest BCUT2D eigenvalue weighted by atomic mass is 10.1. The summed E-state index contributed by atoms with van der Waals surface area (Å²) >= 11 is 0. The van der Waals surface area contributed by atoms with Crippen LogP contribution in [0.1, 0.15) is 31.9 Å². The fraction of sp³-hybridized carbons (Fsp3) is 0.467. The lowest BCUT2D eigenvalue weighted by Crippen LogP contribution is -2.26. The molecule has 92 valence electrons. The summed E-state index contributed by atoms with van der Waals surface area (Å²) in [7, 11) is 0. The van der Waals surface area contributed by atoms with E-state index in [0.717, 1.165) is 19.6 Å². The molecule has 0 aliphatic carbocycles. The molecule has 0 spiro atoms.